The average molecular weight is 373 g/mol. The lowest BCUT2D eigenvalue weighted by molar-refractivity contribution is 0.0922. The molecule has 0 atom stereocenters. The first-order valence-electron chi connectivity index (χ1n) is 8.70. The second-order valence-corrected chi connectivity index (χ2v) is 6.81. The van der Waals surface area contributed by atoms with Crippen LogP contribution in [0.15, 0.2) is 61.1 Å². The molecule has 140 valence electrons. The maximum atomic E-state index is 12.9. The third-order valence-corrected chi connectivity index (χ3v) is 4.08. The number of pyridine rings is 1. The lowest BCUT2D eigenvalue weighted by Crippen LogP contribution is -2.42. The number of ketones is 1. The summed E-state index contributed by atoms with van der Waals surface area (Å²) < 4.78 is 1.64. The van der Waals surface area contributed by atoms with Crippen LogP contribution in [0, 0.1) is 11.3 Å². The third-order valence-electron chi connectivity index (χ3n) is 4.08. The van der Waals surface area contributed by atoms with Crippen LogP contribution >= 0.6 is 0 Å². The largest absolute Gasteiger partial charge is 0.333 e. The summed E-state index contributed by atoms with van der Waals surface area (Å²) in [5.41, 5.74) is 1.05. The fourth-order valence-corrected chi connectivity index (χ4v) is 2.69. The monoisotopic (exact) mass is 373 g/mol. The molecular formula is C21H19N5O2. The Bertz CT molecular complexity index is 1050. The number of rotatable bonds is 6. The van der Waals surface area contributed by atoms with Crippen molar-refractivity contribution >= 4 is 11.7 Å². The molecule has 0 saturated heterocycles. The number of hydrogen-bond acceptors (Lipinski definition) is 5. The minimum absolute atomic E-state index is 0.0963. The van der Waals surface area contributed by atoms with Gasteiger partial charge in [-0.1, -0.05) is 12.1 Å². The summed E-state index contributed by atoms with van der Waals surface area (Å²) in [5.74, 6) is -0.557. The second-order valence-electron chi connectivity index (χ2n) is 6.81. The molecule has 7 heteroatoms. The fourth-order valence-electron chi connectivity index (χ4n) is 2.69. The Hall–Kier alpha value is -3.79. The molecule has 0 aliphatic carbocycles. The van der Waals surface area contributed by atoms with Gasteiger partial charge in [0.2, 0.25) is 0 Å². The summed E-state index contributed by atoms with van der Waals surface area (Å²) in [5, 5.41) is 15.9. The molecule has 0 saturated carbocycles. The number of carbonyl (C=O) groups excluding carboxylic acids is 2. The number of nitrogens with zero attached hydrogens (tertiary/aromatic N) is 4. The van der Waals surface area contributed by atoms with E-state index in [0.29, 0.717) is 16.8 Å². The van der Waals surface area contributed by atoms with Crippen molar-refractivity contribution in [1.29, 1.82) is 5.26 Å². The summed E-state index contributed by atoms with van der Waals surface area (Å²) in [6, 6.07) is 14.3. The zero-order chi connectivity index (χ0) is 20.1. The number of Topliss-reactive ketones (excluding diaryl/α,β-unsaturated/α-hetero) is 1. The average Bonchev–Trinajstić information content (AvgIpc) is 3.22. The number of para-hydroxylation sites is 1. The van der Waals surface area contributed by atoms with Gasteiger partial charge in [-0.05, 0) is 49.7 Å². The molecule has 0 spiro atoms. The molecule has 0 bridgehead atoms. The van der Waals surface area contributed by atoms with Gasteiger partial charge in [-0.15, -0.1) is 0 Å². The van der Waals surface area contributed by atoms with Crippen molar-refractivity contribution in [3.63, 3.8) is 0 Å². The van der Waals surface area contributed by atoms with Gasteiger partial charge in [0.25, 0.3) is 5.91 Å². The van der Waals surface area contributed by atoms with Crippen LogP contribution in [0.1, 0.15) is 40.3 Å². The molecule has 0 fully saturated rings. The number of nitriles is 1. The van der Waals surface area contributed by atoms with Crippen LogP contribution in [0.25, 0.3) is 5.69 Å². The summed E-state index contributed by atoms with van der Waals surface area (Å²) in [6.07, 6.45) is 5.02. The van der Waals surface area contributed by atoms with Gasteiger partial charge in [-0.3, -0.25) is 14.6 Å². The van der Waals surface area contributed by atoms with E-state index in [1.807, 2.05) is 18.2 Å². The molecule has 1 aromatic carbocycles. The highest BCUT2D eigenvalue weighted by Gasteiger charge is 2.21. The van der Waals surface area contributed by atoms with Crippen molar-refractivity contribution in [2.24, 2.45) is 0 Å². The first-order chi connectivity index (χ1) is 13.4. The van der Waals surface area contributed by atoms with Crippen molar-refractivity contribution in [2.45, 2.75) is 25.8 Å². The summed E-state index contributed by atoms with van der Waals surface area (Å²) >= 11 is 0. The van der Waals surface area contributed by atoms with Gasteiger partial charge in [0.1, 0.15) is 11.2 Å². The Morgan fingerprint density at radius 2 is 1.96 bits per heavy atom. The van der Waals surface area contributed by atoms with E-state index >= 15 is 0 Å². The number of benzene rings is 1. The van der Waals surface area contributed by atoms with Gasteiger partial charge in [0.15, 0.2) is 5.78 Å². The molecule has 2 heterocycles. The predicted octanol–water partition coefficient (Wildman–Crippen LogP) is 2.72. The molecule has 2 aromatic heterocycles. The molecule has 0 unspecified atom stereocenters. The molecule has 1 amide bonds. The van der Waals surface area contributed by atoms with Crippen LogP contribution in [0.5, 0.6) is 0 Å². The highest BCUT2D eigenvalue weighted by molar-refractivity contribution is 6.01. The highest BCUT2D eigenvalue weighted by Crippen LogP contribution is 2.17. The van der Waals surface area contributed by atoms with Crippen molar-refractivity contribution in [2.75, 3.05) is 0 Å². The second kappa shape index (κ2) is 7.84. The van der Waals surface area contributed by atoms with Crippen LogP contribution in [0.3, 0.4) is 0 Å². The molecule has 0 radical (unpaired) electrons. The van der Waals surface area contributed by atoms with Crippen LogP contribution < -0.4 is 5.32 Å². The smallest absolute Gasteiger partial charge is 0.271 e. The Labute approximate surface area is 162 Å². The van der Waals surface area contributed by atoms with Crippen LogP contribution in [-0.4, -0.2) is 32.0 Å². The SMILES string of the molecule is CC(C)(C#N)NC(=O)c1cc(CC(=O)c2ccccc2-n2cccn2)ccn1. The highest BCUT2D eigenvalue weighted by atomic mass is 16.2. The van der Waals surface area contributed by atoms with Gasteiger partial charge in [-0.2, -0.15) is 10.4 Å². The van der Waals surface area contributed by atoms with Crippen molar-refractivity contribution in [1.82, 2.24) is 20.1 Å². The standard InChI is InChI=1S/C21H19N5O2/c1-21(2,14-22)25-20(28)17-12-15(8-10-23-17)13-19(27)16-6-3-4-7-18(16)26-11-5-9-24-26/h3-12H,13H2,1-2H3,(H,25,28). The minimum Gasteiger partial charge on any atom is -0.333 e. The Kier molecular flexibility index (Phi) is 5.32. The summed E-state index contributed by atoms with van der Waals surface area (Å²) in [7, 11) is 0. The van der Waals surface area contributed by atoms with E-state index in [9.17, 15) is 9.59 Å². The Balaban J connectivity index is 1.81. The first-order valence-corrected chi connectivity index (χ1v) is 8.70. The topological polar surface area (TPSA) is 101 Å². The zero-order valence-electron chi connectivity index (χ0n) is 15.6. The van der Waals surface area contributed by atoms with E-state index in [4.69, 9.17) is 5.26 Å². The van der Waals surface area contributed by atoms with E-state index in [1.165, 1.54) is 6.20 Å². The first kappa shape index (κ1) is 19.0. The normalized spacial score (nSPS) is 10.9. The van der Waals surface area contributed by atoms with Crippen LogP contribution in [0.4, 0.5) is 0 Å². The molecule has 0 aliphatic heterocycles. The molecule has 28 heavy (non-hydrogen) atoms. The fraction of sp³-hybridized carbons (Fsp3) is 0.190. The van der Waals surface area contributed by atoms with E-state index in [2.05, 4.69) is 15.4 Å². The summed E-state index contributed by atoms with van der Waals surface area (Å²) in [6.45, 7) is 3.20. The maximum Gasteiger partial charge on any atom is 0.271 e. The van der Waals surface area contributed by atoms with E-state index in [0.717, 1.165) is 0 Å². The number of nitrogens with one attached hydrogen (secondary N) is 1. The van der Waals surface area contributed by atoms with Crippen molar-refractivity contribution < 1.29 is 9.59 Å². The number of amides is 1. The Morgan fingerprint density at radius 3 is 2.68 bits per heavy atom. The molecule has 3 rings (SSSR count). The summed E-state index contributed by atoms with van der Waals surface area (Å²) in [4.78, 5) is 29.2. The molecule has 0 aliphatic rings. The van der Waals surface area contributed by atoms with Crippen molar-refractivity contribution in [3.05, 3.63) is 77.9 Å². The van der Waals surface area contributed by atoms with Gasteiger partial charge in [0, 0.05) is 30.6 Å². The lowest BCUT2D eigenvalue weighted by atomic mass is 10.0. The number of hydrogen-bond donors (Lipinski definition) is 1. The number of aromatic nitrogens is 3. The quantitative estimate of drug-likeness (QED) is 0.670. The van der Waals surface area contributed by atoms with E-state index < -0.39 is 11.4 Å². The molecular weight excluding hydrogens is 354 g/mol. The van der Waals surface area contributed by atoms with Gasteiger partial charge in [0.05, 0.1) is 11.8 Å². The van der Waals surface area contributed by atoms with E-state index in [1.54, 1.807) is 61.3 Å². The van der Waals surface area contributed by atoms with Crippen LogP contribution in [0.2, 0.25) is 0 Å². The zero-order valence-corrected chi connectivity index (χ0v) is 15.6. The van der Waals surface area contributed by atoms with Gasteiger partial charge < -0.3 is 5.32 Å². The minimum atomic E-state index is -1.01. The van der Waals surface area contributed by atoms with Gasteiger partial charge >= 0.3 is 0 Å². The third kappa shape index (κ3) is 4.30. The van der Waals surface area contributed by atoms with E-state index in [-0.39, 0.29) is 17.9 Å². The van der Waals surface area contributed by atoms with Crippen molar-refractivity contribution in [3.8, 4) is 11.8 Å². The lowest BCUT2D eigenvalue weighted by Gasteiger charge is -2.17. The molecule has 7 nitrogen and oxygen atoms in total. The predicted molar refractivity (Wildman–Crippen MR) is 103 cm³/mol. The van der Waals surface area contributed by atoms with Gasteiger partial charge in [-0.25, -0.2) is 4.68 Å². The number of carbonyl (C=O) groups is 2. The maximum absolute atomic E-state index is 12.9. The molecule has 3 aromatic rings. The Morgan fingerprint density at radius 1 is 1.18 bits per heavy atom. The van der Waals surface area contributed by atoms with Crippen LogP contribution in [-0.2, 0) is 6.42 Å². The molecule has 1 N–H and O–H groups in total.